The first kappa shape index (κ1) is 30.8. The lowest BCUT2D eigenvalue weighted by molar-refractivity contribution is -0.157. The Labute approximate surface area is 195 Å². The summed E-state index contributed by atoms with van der Waals surface area (Å²) in [6.45, 7) is 6.48. The molecule has 0 bridgehead atoms. The third kappa shape index (κ3) is 16.4. The lowest BCUT2D eigenvalue weighted by Crippen LogP contribution is -2.53. The van der Waals surface area contributed by atoms with Gasteiger partial charge in [0.1, 0.15) is 0 Å². The quantitative estimate of drug-likeness (QED) is 0.174. The highest BCUT2D eigenvalue weighted by molar-refractivity contribution is 5.91. The molecule has 8 nitrogen and oxygen atoms in total. The molecular weight excluding hydrogens is 408 g/mol. The zero-order valence-electron chi connectivity index (χ0n) is 20.7. The van der Waals surface area contributed by atoms with Crippen LogP contribution >= 0.6 is 0 Å². The van der Waals surface area contributed by atoms with Crippen LogP contribution in [0.5, 0.6) is 0 Å². The lowest BCUT2D eigenvalue weighted by atomic mass is 10.1. The van der Waals surface area contributed by atoms with E-state index < -0.39 is 12.2 Å². The number of unbranched alkanes of at least 4 members (excludes halogenated alkanes) is 10. The first-order valence-corrected chi connectivity index (χ1v) is 12.8. The molecule has 2 atom stereocenters. The SMILES string of the molecule is CCCCCCCCO[C@@H](C(=O)NCCN)[C@@H](OCCCCCCCC)C(=O)NCCN. The first-order chi connectivity index (χ1) is 15.6. The monoisotopic (exact) mass is 458 g/mol. The number of carbonyl (C=O) groups is 2. The maximum Gasteiger partial charge on any atom is 0.252 e. The lowest BCUT2D eigenvalue weighted by Gasteiger charge is -2.26. The fraction of sp³-hybridized carbons (Fsp3) is 0.917. The summed E-state index contributed by atoms with van der Waals surface area (Å²) in [5, 5.41) is 5.49. The smallest absolute Gasteiger partial charge is 0.252 e. The predicted molar refractivity (Wildman–Crippen MR) is 130 cm³/mol. The molecule has 32 heavy (non-hydrogen) atoms. The second-order valence-corrected chi connectivity index (χ2v) is 8.28. The van der Waals surface area contributed by atoms with Gasteiger partial charge in [0.15, 0.2) is 12.2 Å². The zero-order chi connectivity index (χ0) is 23.9. The number of carbonyl (C=O) groups excluding carboxylic acids is 2. The van der Waals surface area contributed by atoms with Crippen LogP contribution in [-0.2, 0) is 19.1 Å². The van der Waals surface area contributed by atoms with Gasteiger partial charge in [-0.05, 0) is 12.8 Å². The van der Waals surface area contributed by atoms with E-state index in [0.717, 1.165) is 38.5 Å². The molecule has 0 rings (SSSR count). The number of hydrogen-bond acceptors (Lipinski definition) is 6. The maximum absolute atomic E-state index is 12.8. The van der Waals surface area contributed by atoms with Crippen LogP contribution in [0.1, 0.15) is 90.9 Å². The summed E-state index contributed by atoms with van der Waals surface area (Å²) in [6, 6.07) is 0. The molecule has 0 radical (unpaired) electrons. The molecule has 0 fully saturated rings. The third-order valence-electron chi connectivity index (χ3n) is 5.27. The van der Waals surface area contributed by atoms with Crippen molar-refractivity contribution in [3.8, 4) is 0 Å². The van der Waals surface area contributed by atoms with Gasteiger partial charge >= 0.3 is 0 Å². The first-order valence-electron chi connectivity index (χ1n) is 12.8. The van der Waals surface area contributed by atoms with Crippen molar-refractivity contribution in [1.82, 2.24) is 10.6 Å². The van der Waals surface area contributed by atoms with E-state index in [2.05, 4.69) is 24.5 Å². The number of amides is 2. The molecule has 0 spiro atoms. The summed E-state index contributed by atoms with van der Waals surface area (Å²) in [5.74, 6) is -0.727. The minimum absolute atomic E-state index is 0.318. The average molecular weight is 459 g/mol. The Balaban J connectivity index is 4.87. The molecule has 0 aliphatic carbocycles. The van der Waals surface area contributed by atoms with Gasteiger partial charge in [0.05, 0.1) is 0 Å². The van der Waals surface area contributed by atoms with Gasteiger partial charge in [-0.2, -0.15) is 0 Å². The van der Waals surface area contributed by atoms with E-state index in [-0.39, 0.29) is 11.8 Å². The van der Waals surface area contributed by atoms with Crippen LogP contribution < -0.4 is 22.1 Å². The average Bonchev–Trinajstić information content (AvgIpc) is 2.80. The van der Waals surface area contributed by atoms with E-state index in [1.807, 2.05) is 0 Å². The summed E-state index contributed by atoms with van der Waals surface area (Å²) in [6.07, 6.45) is 11.4. The normalized spacial score (nSPS) is 13.0. The molecule has 190 valence electrons. The van der Waals surface area contributed by atoms with Crippen LogP contribution in [0.25, 0.3) is 0 Å². The summed E-state index contributed by atoms with van der Waals surface area (Å²) < 4.78 is 11.8. The van der Waals surface area contributed by atoms with Crippen molar-refractivity contribution in [3.05, 3.63) is 0 Å². The number of nitrogens with one attached hydrogen (secondary N) is 2. The fourth-order valence-electron chi connectivity index (χ4n) is 3.38. The molecule has 2 amide bonds. The van der Waals surface area contributed by atoms with Crippen LogP contribution in [0.2, 0.25) is 0 Å². The van der Waals surface area contributed by atoms with Crippen LogP contribution in [0.4, 0.5) is 0 Å². The minimum Gasteiger partial charge on any atom is -0.365 e. The highest BCUT2D eigenvalue weighted by Crippen LogP contribution is 2.12. The molecule has 0 aromatic carbocycles. The standard InChI is InChI=1S/C24H50N4O4/c1-3-5-7-9-11-13-19-31-21(23(29)27-17-15-25)22(24(30)28-18-16-26)32-20-14-12-10-8-6-4-2/h21-22H,3-20,25-26H2,1-2H3,(H,27,29)(H,28,30)/t21-,22-/m1/s1. The fourth-order valence-corrected chi connectivity index (χ4v) is 3.38. The number of ether oxygens (including phenoxy) is 2. The zero-order valence-corrected chi connectivity index (χ0v) is 20.7. The summed E-state index contributed by atoms with van der Waals surface area (Å²) in [7, 11) is 0. The van der Waals surface area contributed by atoms with E-state index in [1.54, 1.807) is 0 Å². The Hall–Kier alpha value is -1.22. The van der Waals surface area contributed by atoms with Crippen molar-refractivity contribution >= 4 is 11.8 Å². The third-order valence-corrected chi connectivity index (χ3v) is 5.27. The highest BCUT2D eigenvalue weighted by Gasteiger charge is 2.35. The minimum atomic E-state index is -1.00. The number of rotatable bonds is 23. The van der Waals surface area contributed by atoms with Crippen molar-refractivity contribution in [2.24, 2.45) is 11.5 Å². The number of hydrogen-bond donors (Lipinski definition) is 4. The molecule has 6 N–H and O–H groups in total. The second-order valence-electron chi connectivity index (χ2n) is 8.28. The van der Waals surface area contributed by atoms with E-state index in [4.69, 9.17) is 20.9 Å². The van der Waals surface area contributed by atoms with Gasteiger partial charge in [0.25, 0.3) is 11.8 Å². The van der Waals surface area contributed by atoms with Crippen molar-refractivity contribution in [1.29, 1.82) is 0 Å². The van der Waals surface area contributed by atoms with Crippen LogP contribution in [0.3, 0.4) is 0 Å². The number of nitrogens with two attached hydrogens (primary N) is 2. The van der Waals surface area contributed by atoms with E-state index in [0.29, 0.717) is 39.4 Å². The van der Waals surface area contributed by atoms with E-state index in [1.165, 1.54) is 38.5 Å². The van der Waals surface area contributed by atoms with Gasteiger partial charge in [0, 0.05) is 39.4 Å². The molecule has 8 heteroatoms. The Morgan fingerprint density at radius 3 is 1.31 bits per heavy atom. The molecule has 0 heterocycles. The van der Waals surface area contributed by atoms with E-state index in [9.17, 15) is 9.59 Å². The van der Waals surface area contributed by atoms with Gasteiger partial charge in [-0.1, -0.05) is 78.1 Å². The van der Waals surface area contributed by atoms with Gasteiger partial charge in [-0.3, -0.25) is 9.59 Å². The van der Waals surface area contributed by atoms with Crippen LogP contribution in [-0.4, -0.2) is 63.4 Å². The Bertz CT molecular complexity index is 412. The molecular formula is C24H50N4O4. The molecule has 0 aromatic heterocycles. The summed E-state index contributed by atoms with van der Waals surface area (Å²) >= 11 is 0. The molecule has 0 aromatic rings. The van der Waals surface area contributed by atoms with Gasteiger partial charge in [-0.15, -0.1) is 0 Å². The predicted octanol–water partition coefficient (Wildman–Crippen LogP) is 2.63. The Kier molecular flexibility index (Phi) is 22.1. The van der Waals surface area contributed by atoms with Crippen molar-refractivity contribution in [2.75, 3.05) is 39.4 Å². The largest absolute Gasteiger partial charge is 0.365 e. The van der Waals surface area contributed by atoms with Gasteiger partial charge in [0.2, 0.25) is 0 Å². The molecule has 0 aliphatic heterocycles. The van der Waals surface area contributed by atoms with Crippen LogP contribution in [0, 0.1) is 0 Å². The van der Waals surface area contributed by atoms with Gasteiger partial charge in [-0.25, -0.2) is 0 Å². The van der Waals surface area contributed by atoms with Crippen molar-refractivity contribution in [2.45, 2.75) is 103 Å². The van der Waals surface area contributed by atoms with Crippen molar-refractivity contribution in [3.63, 3.8) is 0 Å². The maximum atomic E-state index is 12.8. The summed E-state index contributed by atoms with van der Waals surface area (Å²) in [5.41, 5.74) is 11.1. The molecule has 0 unspecified atom stereocenters. The van der Waals surface area contributed by atoms with E-state index >= 15 is 0 Å². The highest BCUT2D eigenvalue weighted by atomic mass is 16.5. The molecule has 0 saturated heterocycles. The summed E-state index contributed by atoms with van der Waals surface area (Å²) in [4.78, 5) is 25.5. The Morgan fingerprint density at radius 1 is 0.625 bits per heavy atom. The van der Waals surface area contributed by atoms with Crippen LogP contribution in [0.15, 0.2) is 0 Å². The Morgan fingerprint density at radius 2 is 0.969 bits per heavy atom. The molecule has 0 aliphatic rings. The molecule has 0 saturated carbocycles. The van der Waals surface area contributed by atoms with Crippen molar-refractivity contribution < 1.29 is 19.1 Å². The van der Waals surface area contributed by atoms with Gasteiger partial charge < -0.3 is 31.6 Å². The second kappa shape index (κ2) is 23.0. The topological polar surface area (TPSA) is 129 Å².